The zero-order valence-corrected chi connectivity index (χ0v) is 20.3. The fourth-order valence-electron chi connectivity index (χ4n) is 3.93. The third kappa shape index (κ3) is 5.77. The van der Waals surface area contributed by atoms with Crippen molar-refractivity contribution in [2.75, 3.05) is 26.7 Å². The van der Waals surface area contributed by atoms with Gasteiger partial charge >= 0.3 is 0 Å². The molecule has 0 spiro atoms. The number of amides is 1. The number of rotatable bonds is 8. The Morgan fingerprint density at radius 2 is 1.66 bits per heavy atom. The number of ether oxygens (including phenoxy) is 1. The number of aromatic nitrogens is 2. The molecular formula is C25H28N4O5S. The van der Waals surface area contributed by atoms with Crippen LogP contribution in [0.4, 0.5) is 0 Å². The average Bonchev–Trinajstić information content (AvgIpc) is 2.90. The molecule has 0 atom stereocenters. The van der Waals surface area contributed by atoms with Crippen molar-refractivity contribution >= 4 is 15.9 Å². The Kier molecular flexibility index (Phi) is 7.62. The summed E-state index contributed by atoms with van der Waals surface area (Å²) in [4.78, 5) is 24.9. The van der Waals surface area contributed by atoms with Crippen molar-refractivity contribution in [2.24, 2.45) is 0 Å². The Bertz CT molecular complexity index is 1330. The van der Waals surface area contributed by atoms with Crippen molar-refractivity contribution in [3.05, 3.63) is 76.6 Å². The molecule has 0 bridgehead atoms. The number of benzene rings is 2. The number of carbonyl (C=O) groups is 1. The van der Waals surface area contributed by atoms with Crippen molar-refractivity contribution in [3.8, 4) is 17.0 Å². The smallest absolute Gasteiger partial charge is 0.266 e. The summed E-state index contributed by atoms with van der Waals surface area (Å²) in [5, 5.41) is 7.15. The summed E-state index contributed by atoms with van der Waals surface area (Å²) in [5.41, 5.74) is 1.53. The molecule has 10 heteroatoms. The van der Waals surface area contributed by atoms with Gasteiger partial charge in [-0.05, 0) is 67.4 Å². The van der Waals surface area contributed by atoms with E-state index < -0.39 is 10.0 Å². The highest BCUT2D eigenvalue weighted by Crippen LogP contribution is 2.21. The summed E-state index contributed by atoms with van der Waals surface area (Å²) in [7, 11) is -1.95. The maximum Gasteiger partial charge on any atom is 0.266 e. The maximum atomic E-state index is 12.8. The Morgan fingerprint density at radius 3 is 2.31 bits per heavy atom. The van der Waals surface area contributed by atoms with Crippen LogP contribution in [0.1, 0.15) is 29.6 Å². The van der Waals surface area contributed by atoms with Gasteiger partial charge < -0.3 is 10.1 Å². The number of carbonyl (C=O) groups excluding carboxylic acids is 1. The van der Waals surface area contributed by atoms with Gasteiger partial charge in [-0.25, -0.2) is 13.1 Å². The molecule has 4 rings (SSSR count). The Labute approximate surface area is 204 Å². The van der Waals surface area contributed by atoms with Crippen LogP contribution in [-0.2, 0) is 16.6 Å². The molecule has 0 unspecified atom stereocenters. The minimum atomic E-state index is -3.54. The number of methoxy groups -OCH3 is 1. The minimum Gasteiger partial charge on any atom is -0.497 e. The summed E-state index contributed by atoms with van der Waals surface area (Å²) in [6.07, 6.45) is 2.76. The molecule has 2 heterocycles. The molecule has 1 aliphatic rings. The lowest BCUT2D eigenvalue weighted by Gasteiger charge is -2.25. The molecule has 2 aromatic carbocycles. The van der Waals surface area contributed by atoms with Gasteiger partial charge in [-0.1, -0.05) is 6.42 Å². The quantitative estimate of drug-likeness (QED) is 0.513. The largest absolute Gasteiger partial charge is 0.497 e. The first-order valence-electron chi connectivity index (χ1n) is 11.5. The van der Waals surface area contributed by atoms with E-state index in [9.17, 15) is 18.0 Å². The normalized spacial score (nSPS) is 14.4. The number of sulfonamides is 1. The van der Waals surface area contributed by atoms with Crippen LogP contribution in [0.2, 0.25) is 0 Å². The topological polar surface area (TPSA) is 111 Å². The molecule has 9 nitrogen and oxygen atoms in total. The second kappa shape index (κ2) is 10.8. The van der Waals surface area contributed by atoms with Gasteiger partial charge in [0.15, 0.2) is 0 Å². The number of piperidine rings is 1. The summed E-state index contributed by atoms with van der Waals surface area (Å²) in [6, 6.07) is 16.4. The van der Waals surface area contributed by atoms with E-state index in [0.717, 1.165) is 30.6 Å². The molecule has 1 saturated heterocycles. The first-order chi connectivity index (χ1) is 16.9. The number of hydrogen-bond acceptors (Lipinski definition) is 6. The molecule has 0 saturated carbocycles. The Balaban J connectivity index is 1.37. The van der Waals surface area contributed by atoms with Crippen molar-refractivity contribution in [3.63, 3.8) is 0 Å². The molecule has 35 heavy (non-hydrogen) atoms. The van der Waals surface area contributed by atoms with Gasteiger partial charge in [0.05, 0.1) is 24.2 Å². The summed E-state index contributed by atoms with van der Waals surface area (Å²) in [6.45, 7) is 1.43. The van der Waals surface area contributed by atoms with Crippen LogP contribution in [0.25, 0.3) is 11.3 Å². The van der Waals surface area contributed by atoms with Crippen LogP contribution in [0.3, 0.4) is 0 Å². The first kappa shape index (κ1) is 24.6. The summed E-state index contributed by atoms with van der Waals surface area (Å²) >= 11 is 0. The van der Waals surface area contributed by atoms with Gasteiger partial charge in [-0.15, -0.1) is 0 Å². The second-order valence-corrected chi connectivity index (χ2v) is 10.2. The summed E-state index contributed by atoms with van der Waals surface area (Å²) in [5.74, 6) is 0.369. The standard InChI is InChI=1S/C25H28N4O5S/c1-34-21-9-5-19(6-10-21)23-13-14-24(30)29(27-23)18-15-26-25(31)20-7-11-22(12-8-20)35(32,33)28-16-3-2-4-17-28/h5-14H,2-4,15-18H2,1H3,(H,26,31). The van der Waals surface area contributed by atoms with Crippen molar-refractivity contribution in [1.29, 1.82) is 0 Å². The van der Waals surface area contributed by atoms with Gasteiger partial charge in [0.1, 0.15) is 5.75 Å². The van der Waals surface area contributed by atoms with E-state index in [-0.39, 0.29) is 29.5 Å². The highest BCUT2D eigenvalue weighted by atomic mass is 32.2. The van der Waals surface area contributed by atoms with E-state index >= 15 is 0 Å². The van der Waals surface area contributed by atoms with E-state index in [4.69, 9.17) is 4.74 Å². The average molecular weight is 497 g/mol. The molecule has 0 radical (unpaired) electrons. The third-order valence-electron chi connectivity index (χ3n) is 5.93. The second-order valence-electron chi connectivity index (χ2n) is 8.25. The number of nitrogens with zero attached hydrogens (tertiary/aromatic N) is 3. The molecule has 1 aromatic heterocycles. The molecule has 1 fully saturated rings. The van der Waals surface area contributed by atoms with Crippen LogP contribution >= 0.6 is 0 Å². The predicted molar refractivity (Wildman–Crippen MR) is 132 cm³/mol. The van der Waals surface area contributed by atoms with Gasteiger partial charge in [-0.2, -0.15) is 9.40 Å². The van der Waals surface area contributed by atoms with E-state index in [0.29, 0.717) is 24.3 Å². The van der Waals surface area contributed by atoms with Crippen LogP contribution in [0, 0.1) is 0 Å². The predicted octanol–water partition coefficient (Wildman–Crippen LogP) is 2.52. The van der Waals surface area contributed by atoms with Crippen molar-refractivity contribution in [2.45, 2.75) is 30.7 Å². The summed E-state index contributed by atoms with van der Waals surface area (Å²) < 4.78 is 33.5. The van der Waals surface area contributed by atoms with Gasteiger partial charge in [0, 0.05) is 36.8 Å². The van der Waals surface area contributed by atoms with E-state index in [1.54, 1.807) is 13.2 Å². The van der Waals surface area contributed by atoms with Gasteiger partial charge in [0.25, 0.3) is 11.5 Å². The third-order valence-corrected chi connectivity index (χ3v) is 7.84. The van der Waals surface area contributed by atoms with E-state index in [2.05, 4.69) is 10.4 Å². The lowest BCUT2D eigenvalue weighted by Crippen LogP contribution is -2.35. The lowest BCUT2D eigenvalue weighted by atomic mass is 10.1. The van der Waals surface area contributed by atoms with E-state index in [1.165, 1.54) is 39.3 Å². The number of hydrogen-bond donors (Lipinski definition) is 1. The fourth-order valence-corrected chi connectivity index (χ4v) is 5.45. The zero-order chi connectivity index (χ0) is 24.8. The minimum absolute atomic E-state index is 0.182. The molecule has 3 aromatic rings. The van der Waals surface area contributed by atoms with Crippen LogP contribution < -0.4 is 15.6 Å². The number of nitrogens with one attached hydrogen (secondary N) is 1. The molecule has 0 aliphatic carbocycles. The zero-order valence-electron chi connectivity index (χ0n) is 19.5. The Morgan fingerprint density at radius 1 is 0.971 bits per heavy atom. The molecule has 1 aliphatic heterocycles. The van der Waals surface area contributed by atoms with Crippen LogP contribution in [0.15, 0.2) is 70.4 Å². The monoisotopic (exact) mass is 496 g/mol. The molecule has 184 valence electrons. The highest BCUT2D eigenvalue weighted by molar-refractivity contribution is 7.89. The highest BCUT2D eigenvalue weighted by Gasteiger charge is 2.25. The molecule has 1 amide bonds. The van der Waals surface area contributed by atoms with Crippen LogP contribution in [-0.4, -0.2) is 55.2 Å². The lowest BCUT2D eigenvalue weighted by molar-refractivity contribution is 0.0951. The van der Waals surface area contributed by atoms with Crippen LogP contribution in [0.5, 0.6) is 5.75 Å². The van der Waals surface area contributed by atoms with E-state index in [1.807, 2.05) is 24.3 Å². The van der Waals surface area contributed by atoms with Gasteiger partial charge in [0.2, 0.25) is 10.0 Å². The van der Waals surface area contributed by atoms with Crippen molar-refractivity contribution in [1.82, 2.24) is 19.4 Å². The molecular weight excluding hydrogens is 468 g/mol. The van der Waals surface area contributed by atoms with Gasteiger partial charge in [-0.3, -0.25) is 9.59 Å². The fraction of sp³-hybridized carbons (Fsp3) is 0.320. The maximum absolute atomic E-state index is 12.8. The van der Waals surface area contributed by atoms with Crippen molar-refractivity contribution < 1.29 is 17.9 Å². The first-order valence-corrected chi connectivity index (χ1v) is 12.9. The molecule has 1 N–H and O–H groups in total. The Hall–Kier alpha value is -3.50. The SMILES string of the molecule is COc1ccc(-c2ccc(=O)n(CCNC(=O)c3ccc(S(=O)(=O)N4CCCCC4)cc3)n2)cc1.